The van der Waals surface area contributed by atoms with Crippen LogP contribution < -0.4 is 27.2 Å². The molecule has 192 valence electrons. The molecule has 3 unspecified atom stereocenters. The molecule has 2 aliphatic rings. The maximum Gasteiger partial charge on any atom is 0.267 e. The number of hydroxylamine groups is 1. The molecule has 1 aromatic rings. The number of aldehydes is 1. The summed E-state index contributed by atoms with van der Waals surface area (Å²) < 4.78 is 5.36. The maximum absolute atomic E-state index is 11.8. The van der Waals surface area contributed by atoms with Crippen molar-refractivity contribution >= 4 is 18.0 Å². The van der Waals surface area contributed by atoms with Gasteiger partial charge in [0.1, 0.15) is 18.2 Å². The number of hydrogen-bond donors (Lipinski definition) is 5. The predicted octanol–water partition coefficient (Wildman–Crippen LogP) is 1.26. The number of aliphatic imine (C=N–C) groups is 1. The summed E-state index contributed by atoms with van der Waals surface area (Å²) in [7, 11) is 1.95. The van der Waals surface area contributed by atoms with Crippen molar-refractivity contribution in [1.29, 1.82) is 0 Å². The molecule has 0 spiro atoms. The van der Waals surface area contributed by atoms with Crippen molar-refractivity contribution < 1.29 is 19.2 Å². The topological polar surface area (TPSA) is 139 Å². The van der Waals surface area contributed by atoms with Gasteiger partial charge in [0, 0.05) is 37.9 Å². The first-order chi connectivity index (χ1) is 17.0. The number of nitrogens with one attached hydrogen (secondary N) is 4. The lowest BCUT2D eigenvalue weighted by Gasteiger charge is -2.21. The van der Waals surface area contributed by atoms with Gasteiger partial charge in [0.05, 0.1) is 12.2 Å². The molecular formula is C25H38N6O4. The summed E-state index contributed by atoms with van der Waals surface area (Å²) in [4.78, 5) is 32.3. The van der Waals surface area contributed by atoms with E-state index in [0.29, 0.717) is 31.1 Å². The number of amidine groups is 1. The van der Waals surface area contributed by atoms with E-state index in [0.717, 1.165) is 32.1 Å². The lowest BCUT2D eigenvalue weighted by Crippen LogP contribution is -2.38. The highest BCUT2D eigenvalue weighted by Gasteiger charge is 2.15. The molecule has 0 aromatic heterocycles. The van der Waals surface area contributed by atoms with Crippen LogP contribution >= 0.6 is 0 Å². The molecule has 35 heavy (non-hydrogen) atoms. The minimum atomic E-state index is -0.463. The van der Waals surface area contributed by atoms with E-state index in [9.17, 15) is 9.59 Å². The van der Waals surface area contributed by atoms with E-state index in [1.165, 1.54) is 11.6 Å². The molecule has 0 aliphatic carbocycles. The van der Waals surface area contributed by atoms with E-state index in [-0.39, 0.29) is 18.2 Å². The lowest BCUT2D eigenvalue weighted by atomic mass is 10.1. The van der Waals surface area contributed by atoms with E-state index >= 15 is 0 Å². The molecule has 10 nitrogen and oxygen atoms in total. The van der Waals surface area contributed by atoms with Gasteiger partial charge in [0.2, 0.25) is 0 Å². The van der Waals surface area contributed by atoms with Crippen LogP contribution in [0.2, 0.25) is 0 Å². The Hall–Kier alpha value is -3.05. The fraction of sp³-hybridized carbons (Fsp3) is 0.480. The molecule has 0 saturated carbocycles. The van der Waals surface area contributed by atoms with Crippen LogP contribution in [0.3, 0.4) is 0 Å². The van der Waals surface area contributed by atoms with Gasteiger partial charge in [0.25, 0.3) is 5.91 Å². The first-order valence-corrected chi connectivity index (χ1v) is 11.9. The number of allylic oxidation sites excluding steroid dienone is 1. The van der Waals surface area contributed by atoms with Gasteiger partial charge in [-0.2, -0.15) is 0 Å². The van der Waals surface area contributed by atoms with Crippen molar-refractivity contribution in [2.75, 3.05) is 20.2 Å². The molecule has 10 heteroatoms. The lowest BCUT2D eigenvalue weighted by molar-refractivity contribution is -0.198. The van der Waals surface area contributed by atoms with Gasteiger partial charge >= 0.3 is 0 Å². The Labute approximate surface area is 207 Å². The van der Waals surface area contributed by atoms with Gasteiger partial charge in [-0.15, -0.1) is 0 Å². The summed E-state index contributed by atoms with van der Waals surface area (Å²) in [5.74, 6) is 0.265. The summed E-state index contributed by atoms with van der Waals surface area (Å²) in [5, 5.41) is 9.19. The van der Waals surface area contributed by atoms with Crippen LogP contribution in [0.4, 0.5) is 0 Å². The quantitative estimate of drug-likeness (QED) is 0.189. The van der Waals surface area contributed by atoms with Gasteiger partial charge in [-0.3, -0.25) is 9.79 Å². The average molecular weight is 487 g/mol. The number of rotatable bonds is 10. The zero-order valence-corrected chi connectivity index (χ0v) is 20.5. The third-order valence-electron chi connectivity index (χ3n) is 5.01. The Morgan fingerprint density at radius 3 is 2.74 bits per heavy atom. The minimum Gasteiger partial charge on any atom is -0.377 e. The van der Waals surface area contributed by atoms with Crippen LogP contribution in [0.1, 0.15) is 38.2 Å². The third-order valence-corrected chi connectivity index (χ3v) is 5.01. The molecular weight excluding hydrogens is 448 g/mol. The van der Waals surface area contributed by atoms with Gasteiger partial charge in [-0.25, -0.2) is 10.3 Å². The number of nitrogens with zero attached hydrogens (tertiary/aromatic N) is 1. The van der Waals surface area contributed by atoms with Crippen LogP contribution in [0, 0.1) is 0 Å². The van der Waals surface area contributed by atoms with Gasteiger partial charge in [-0.05, 0) is 44.9 Å². The van der Waals surface area contributed by atoms with Crippen LogP contribution in [-0.4, -0.2) is 56.6 Å². The van der Waals surface area contributed by atoms with Crippen LogP contribution in [0.25, 0.3) is 0 Å². The largest absolute Gasteiger partial charge is 0.377 e. The smallest absolute Gasteiger partial charge is 0.267 e. The van der Waals surface area contributed by atoms with Crippen molar-refractivity contribution in [1.82, 2.24) is 21.4 Å². The molecule has 1 amide bonds. The summed E-state index contributed by atoms with van der Waals surface area (Å²) >= 11 is 0. The summed E-state index contributed by atoms with van der Waals surface area (Å²) in [6, 6.07) is 9.78. The Bertz CT molecular complexity index is 851. The molecule has 2 heterocycles. The standard InChI is InChI=1S/C17H27N5O4.C8H11N/c1-12(18)8-14(11-23)21-15-10-19-13(9-20-15)5-6-16(24)22-26-17-4-2-3-7-25-17;1-9-7-8-5-3-2-4-6-8/h5-6,9,11-12,14,17,19H,2-4,7-8,10,18H2,1H3,(H,20,21)(H,22,24);2-6,9H,7H2,1H3/b6-5+;. The Morgan fingerprint density at radius 1 is 1.34 bits per heavy atom. The minimum absolute atomic E-state index is 0.0973. The maximum atomic E-state index is 11.8. The number of benzene rings is 1. The molecule has 0 bridgehead atoms. The second-order valence-corrected chi connectivity index (χ2v) is 8.32. The number of ether oxygens (including phenoxy) is 1. The second kappa shape index (κ2) is 16.6. The highest BCUT2D eigenvalue weighted by Crippen LogP contribution is 2.12. The molecule has 1 aromatic carbocycles. The van der Waals surface area contributed by atoms with Crippen LogP contribution in [0.15, 0.2) is 59.4 Å². The van der Waals surface area contributed by atoms with Crippen LogP contribution in [0.5, 0.6) is 0 Å². The summed E-state index contributed by atoms with van der Waals surface area (Å²) in [6.45, 7) is 3.87. The highest BCUT2D eigenvalue weighted by atomic mass is 16.8. The zero-order chi connectivity index (χ0) is 25.3. The van der Waals surface area contributed by atoms with E-state index in [1.54, 1.807) is 12.3 Å². The highest BCUT2D eigenvalue weighted by molar-refractivity contribution is 5.89. The van der Waals surface area contributed by atoms with Crippen molar-refractivity contribution in [2.24, 2.45) is 10.7 Å². The number of amides is 1. The third kappa shape index (κ3) is 12.3. The average Bonchev–Trinajstić information content (AvgIpc) is 2.88. The number of carbonyl (C=O) groups excluding carboxylic acids is 2. The van der Waals surface area contributed by atoms with E-state index in [2.05, 4.69) is 38.6 Å². The van der Waals surface area contributed by atoms with Crippen molar-refractivity contribution in [3.63, 3.8) is 0 Å². The molecule has 1 fully saturated rings. The van der Waals surface area contributed by atoms with Crippen molar-refractivity contribution in [3.05, 3.63) is 59.9 Å². The molecule has 0 radical (unpaired) electrons. The van der Waals surface area contributed by atoms with E-state index in [1.807, 2.05) is 32.2 Å². The van der Waals surface area contributed by atoms with Crippen molar-refractivity contribution in [3.8, 4) is 0 Å². The molecule has 2 aliphatic heterocycles. The number of carbonyl (C=O) groups is 2. The molecule has 1 saturated heterocycles. The SMILES string of the molecule is CC(N)CC(C=O)N=C1CNC(/C=C/C(=O)NOC2CCCCO2)=CN1.CNCc1ccccc1. The molecule has 3 atom stereocenters. The van der Waals surface area contributed by atoms with Crippen molar-refractivity contribution in [2.45, 2.75) is 57.5 Å². The Kier molecular flexibility index (Phi) is 13.3. The Morgan fingerprint density at radius 2 is 2.14 bits per heavy atom. The van der Waals surface area contributed by atoms with Gasteiger partial charge < -0.3 is 31.2 Å². The number of nitrogens with two attached hydrogens (primary N) is 1. The van der Waals surface area contributed by atoms with E-state index in [4.69, 9.17) is 15.3 Å². The fourth-order valence-corrected chi connectivity index (χ4v) is 3.29. The molecule has 6 N–H and O–H groups in total. The predicted molar refractivity (Wildman–Crippen MR) is 136 cm³/mol. The zero-order valence-electron chi connectivity index (χ0n) is 20.5. The Balaban J connectivity index is 0.000000402. The van der Waals surface area contributed by atoms with Gasteiger partial charge in [-0.1, -0.05) is 30.3 Å². The summed E-state index contributed by atoms with van der Waals surface area (Å²) in [5.41, 5.74) is 10.1. The van der Waals surface area contributed by atoms with E-state index < -0.39 is 6.04 Å². The van der Waals surface area contributed by atoms with Crippen LogP contribution in [-0.2, 0) is 25.7 Å². The molecule has 3 rings (SSSR count). The second-order valence-electron chi connectivity index (χ2n) is 8.32. The first-order valence-electron chi connectivity index (χ1n) is 11.9. The van der Waals surface area contributed by atoms with Gasteiger partial charge in [0.15, 0.2) is 6.29 Å². The number of hydrogen-bond acceptors (Lipinski definition) is 8. The monoisotopic (exact) mass is 486 g/mol. The fourth-order valence-electron chi connectivity index (χ4n) is 3.29. The summed E-state index contributed by atoms with van der Waals surface area (Å²) in [6.07, 6.45) is 8.36. The first kappa shape index (κ1) is 28.2. The normalized spacial score (nSPS) is 20.5.